The Balaban J connectivity index is 1.61. The Kier molecular flexibility index (Phi) is 4.45. The van der Waals surface area contributed by atoms with Crippen LogP contribution < -0.4 is 14.8 Å². The highest BCUT2D eigenvalue weighted by Gasteiger charge is 2.22. The summed E-state index contributed by atoms with van der Waals surface area (Å²) < 4.78 is 11.2. The molecule has 3 rings (SSSR count). The number of hydrogen-bond acceptors (Lipinski definition) is 5. The second-order valence-electron chi connectivity index (χ2n) is 5.42. The Bertz CT molecular complexity index is 680. The highest BCUT2D eigenvalue weighted by atomic mass is 32.1. The number of carbonyl (C=O) groups is 1. The molecule has 1 aromatic heterocycles. The number of carbonyl (C=O) groups excluding carboxylic acids is 1. The van der Waals surface area contributed by atoms with E-state index in [0.717, 1.165) is 40.5 Å². The number of thiophene rings is 1. The third kappa shape index (κ3) is 3.15. The number of rotatable bonds is 5. The van der Waals surface area contributed by atoms with Gasteiger partial charge in [0.2, 0.25) is 0 Å². The molecule has 1 N–H and O–H groups in total. The summed E-state index contributed by atoms with van der Waals surface area (Å²) in [5.74, 6) is 1.77. The minimum absolute atomic E-state index is 0.123. The minimum atomic E-state index is 0.123. The Morgan fingerprint density at radius 1 is 1.50 bits per heavy atom. The van der Waals surface area contributed by atoms with Gasteiger partial charge in [0.25, 0.3) is 0 Å². The lowest BCUT2D eigenvalue weighted by Gasteiger charge is -2.27. The van der Waals surface area contributed by atoms with Gasteiger partial charge in [-0.25, -0.2) is 0 Å². The molecule has 1 atom stereocenters. The second kappa shape index (κ2) is 6.50. The summed E-state index contributed by atoms with van der Waals surface area (Å²) in [6, 6.07) is 8.20. The number of methoxy groups -OCH3 is 1. The van der Waals surface area contributed by atoms with E-state index in [-0.39, 0.29) is 11.8 Å². The topological polar surface area (TPSA) is 47.6 Å². The van der Waals surface area contributed by atoms with Crippen molar-refractivity contribution in [3.8, 4) is 11.5 Å². The van der Waals surface area contributed by atoms with Crippen LogP contribution in [0.4, 0.5) is 0 Å². The van der Waals surface area contributed by atoms with E-state index < -0.39 is 0 Å². The number of ether oxygens (including phenoxy) is 2. The Morgan fingerprint density at radius 2 is 2.36 bits per heavy atom. The lowest BCUT2D eigenvalue weighted by atomic mass is 10.0. The molecule has 4 nitrogen and oxygen atoms in total. The lowest BCUT2D eigenvalue weighted by molar-refractivity contribution is 0.102. The number of hydrogen-bond donors (Lipinski definition) is 1. The van der Waals surface area contributed by atoms with Gasteiger partial charge in [0.1, 0.15) is 6.61 Å². The smallest absolute Gasteiger partial charge is 0.169 e. The van der Waals surface area contributed by atoms with Crippen LogP contribution in [0.5, 0.6) is 11.5 Å². The molecule has 0 unspecified atom stereocenters. The van der Waals surface area contributed by atoms with Crippen molar-refractivity contribution in [1.82, 2.24) is 5.32 Å². The van der Waals surface area contributed by atoms with Crippen LogP contribution in [0.3, 0.4) is 0 Å². The quantitative estimate of drug-likeness (QED) is 0.861. The van der Waals surface area contributed by atoms with Crippen LogP contribution in [-0.2, 0) is 13.0 Å². The molecule has 2 heterocycles. The van der Waals surface area contributed by atoms with E-state index in [1.165, 1.54) is 11.3 Å². The van der Waals surface area contributed by atoms with Gasteiger partial charge >= 0.3 is 0 Å². The van der Waals surface area contributed by atoms with Gasteiger partial charge in [0, 0.05) is 12.6 Å². The summed E-state index contributed by atoms with van der Waals surface area (Å²) in [6.45, 7) is 2.97. The van der Waals surface area contributed by atoms with Gasteiger partial charge in [-0.3, -0.25) is 4.79 Å². The maximum absolute atomic E-state index is 11.3. The predicted molar refractivity (Wildman–Crippen MR) is 87.1 cm³/mol. The summed E-state index contributed by atoms with van der Waals surface area (Å²) in [5.41, 5.74) is 2.31. The number of fused-ring (bicyclic) bond motifs is 1. The molecular weight excluding hydrogens is 298 g/mol. The summed E-state index contributed by atoms with van der Waals surface area (Å²) >= 11 is 1.50. The van der Waals surface area contributed by atoms with Crippen LogP contribution in [-0.4, -0.2) is 25.5 Å². The molecule has 1 aliphatic rings. The van der Waals surface area contributed by atoms with Crippen molar-refractivity contribution in [2.75, 3.05) is 13.7 Å². The van der Waals surface area contributed by atoms with Crippen LogP contribution in [0.1, 0.15) is 27.7 Å². The van der Waals surface area contributed by atoms with E-state index in [0.29, 0.717) is 6.61 Å². The van der Waals surface area contributed by atoms with Crippen molar-refractivity contribution in [1.29, 1.82) is 0 Å². The maximum atomic E-state index is 11.3. The highest BCUT2D eigenvalue weighted by Crippen LogP contribution is 2.34. The van der Waals surface area contributed by atoms with Crippen molar-refractivity contribution < 1.29 is 14.3 Å². The molecule has 1 aliphatic heterocycles. The zero-order chi connectivity index (χ0) is 15.5. The average Bonchev–Trinajstić information content (AvgIpc) is 3.01. The standard InChI is InChI=1S/C17H19NO3S/c1-11(19)16-6-12(10-22-16)8-18-14-7-13-4-3-5-15(20-2)17(13)21-9-14/h3-6,10,14,18H,7-9H2,1-2H3/t14-/m1/s1. The third-order valence-corrected chi connectivity index (χ3v) is 4.85. The summed E-state index contributed by atoms with van der Waals surface area (Å²) in [6.07, 6.45) is 0.913. The largest absolute Gasteiger partial charge is 0.493 e. The molecular formula is C17H19NO3S. The fraction of sp³-hybridized carbons (Fsp3) is 0.353. The molecule has 116 valence electrons. The normalized spacial score (nSPS) is 16.7. The van der Waals surface area contributed by atoms with Crippen LogP contribution in [0, 0.1) is 0 Å². The molecule has 5 heteroatoms. The molecule has 0 bridgehead atoms. The van der Waals surface area contributed by atoms with Gasteiger partial charge < -0.3 is 14.8 Å². The monoisotopic (exact) mass is 317 g/mol. The van der Waals surface area contributed by atoms with E-state index >= 15 is 0 Å². The number of Topliss-reactive ketones (excluding diaryl/α,β-unsaturated/α-hetero) is 1. The first-order valence-electron chi connectivity index (χ1n) is 7.27. The Hall–Kier alpha value is -1.85. The van der Waals surface area contributed by atoms with Gasteiger partial charge in [-0.2, -0.15) is 0 Å². The molecule has 0 spiro atoms. The number of ketones is 1. The van der Waals surface area contributed by atoms with Crippen LogP contribution in [0.25, 0.3) is 0 Å². The van der Waals surface area contributed by atoms with Crippen molar-refractivity contribution in [3.05, 3.63) is 45.6 Å². The van der Waals surface area contributed by atoms with Crippen LogP contribution in [0.2, 0.25) is 0 Å². The number of nitrogens with one attached hydrogen (secondary N) is 1. The molecule has 0 amide bonds. The first kappa shape index (κ1) is 15.1. The van der Waals surface area contributed by atoms with Gasteiger partial charge in [0.05, 0.1) is 12.0 Å². The Morgan fingerprint density at radius 3 is 3.09 bits per heavy atom. The van der Waals surface area contributed by atoms with Crippen molar-refractivity contribution in [2.24, 2.45) is 0 Å². The first-order chi connectivity index (χ1) is 10.7. The molecule has 0 saturated heterocycles. The lowest BCUT2D eigenvalue weighted by Crippen LogP contribution is -2.38. The highest BCUT2D eigenvalue weighted by molar-refractivity contribution is 7.12. The maximum Gasteiger partial charge on any atom is 0.169 e. The van der Waals surface area contributed by atoms with Gasteiger partial charge in [-0.1, -0.05) is 12.1 Å². The SMILES string of the molecule is COc1cccc2c1OC[C@H](NCc1csc(C(C)=O)c1)C2. The number of para-hydroxylation sites is 1. The molecule has 2 aromatic rings. The number of benzene rings is 1. The van der Waals surface area contributed by atoms with Crippen LogP contribution in [0.15, 0.2) is 29.6 Å². The first-order valence-corrected chi connectivity index (χ1v) is 8.15. The molecule has 0 aliphatic carbocycles. The van der Waals surface area contributed by atoms with E-state index in [1.807, 2.05) is 23.6 Å². The van der Waals surface area contributed by atoms with Crippen molar-refractivity contribution >= 4 is 17.1 Å². The molecule has 0 fully saturated rings. The molecule has 0 radical (unpaired) electrons. The van der Waals surface area contributed by atoms with E-state index in [1.54, 1.807) is 14.0 Å². The predicted octanol–water partition coefficient (Wildman–Crippen LogP) is 3.05. The van der Waals surface area contributed by atoms with Crippen molar-refractivity contribution in [2.45, 2.75) is 25.9 Å². The van der Waals surface area contributed by atoms with Gasteiger partial charge in [-0.05, 0) is 42.0 Å². The van der Waals surface area contributed by atoms with Gasteiger partial charge in [0.15, 0.2) is 17.3 Å². The van der Waals surface area contributed by atoms with E-state index in [4.69, 9.17) is 9.47 Å². The van der Waals surface area contributed by atoms with Crippen LogP contribution >= 0.6 is 11.3 Å². The molecule has 0 saturated carbocycles. The summed E-state index contributed by atoms with van der Waals surface area (Å²) in [7, 11) is 1.66. The van der Waals surface area contributed by atoms with Crippen molar-refractivity contribution in [3.63, 3.8) is 0 Å². The third-order valence-electron chi connectivity index (χ3n) is 3.77. The fourth-order valence-electron chi connectivity index (χ4n) is 2.60. The second-order valence-corrected chi connectivity index (χ2v) is 6.33. The van der Waals surface area contributed by atoms with E-state index in [2.05, 4.69) is 11.4 Å². The average molecular weight is 317 g/mol. The summed E-state index contributed by atoms with van der Waals surface area (Å²) in [4.78, 5) is 12.1. The zero-order valence-corrected chi connectivity index (χ0v) is 13.5. The fourth-order valence-corrected chi connectivity index (χ4v) is 3.42. The van der Waals surface area contributed by atoms with E-state index in [9.17, 15) is 4.79 Å². The molecule has 1 aromatic carbocycles. The van der Waals surface area contributed by atoms with Gasteiger partial charge in [-0.15, -0.1) is 11.3 Å². The summed E-state index contributed by atoms with van der Waals surface area (Å²) in [5, 5.41) is 5.53. The molecule has 22 heavy (non-hydrogen) atoms. The zero-order valence-electron chi connectivity index (χ0n) is 12.7. The minimum Gasteiger partial charge on any atom is -0.493 e. The Labute approximate surface area is 134 Å².